The number of carbonyl (C=O) groups excluding carboxylic acids is 2. The number of nitrogens with zero attached hydrogens (tertiary/aromatic N) is 2. The summed E-state index contributed by atoms with van der Waals surface area (Å²) in [4.78, 5) is 39.8. The summed E-state index contributed by atoms with van der Waals surface area (Å²) < 4.78 is 0. The van der Waals surface area contributed by atoms with Gasteiger partial charge in [0.05, 0.1) is 18.0 Å². The van der Waals surface area contributed by atoms with Gasteiger partial charge in [-0.05, 0) is 17.5 Å². The van der Waals surface area contributed by atoms with Gasteiger partial charge in [-0.2, -0.15) is 0 Å². The molecule has 4 rings (SSSR count). The Balaban J connectivity index is 1.44. The highest BCUT2D eigenvalue weighted by molar-refractivity contribution is 5.86. The number of rotatable bonds is 5. The Morgan fingerprint density at radius 1 is 0.967 bits per heavy atom. The number of likely N-dealkylation sites (tertiary alicyclic amines) is 2. The minimum absolute atomic E-state index is 0.0438. The molecule has 2 heterocycles. The van der Waals surface area contributed by atoms with Crippen LogP contribution in [0, 0.1) is 5.92 Å². The molecule has 156 valence electrons. The minimum atomic E-state index is -0.938. The summed E-state index contributed by atoms with van der Waals surface area (Å²) in [5.74, 6) is -1.73. The number of carbonyl (C=O) groups is 3. The van der Waals surface area contributed by atoms with Gasteiger partial charge in [-0.15, -0.1) is 0 Å². The van der Waals surface area contributed by atoms with E-state index in [0.29, 0.717) is 19.5 Å². The number of hydrogen-bond donors (Lipinski definition) is 2. The standard InChI is InChI=1S/C23H25N3O4/c27-20-13-18(22(28)29)14-26(20)19-11-12-25(15-19)23(30)24-21(16-7-3-1-4-8-16)17-9-5-2-6-10-17/h1-10,18-19,21H,11-15H2,(H,24,30)(H,28,29). The quantitative estimate of drug-likeness (QED) is 0.797. The molecule has 0 radical (unpaired) electrons. The molecule has 2 aromatic rings. The Hall–Kier alpha value is -3.35. The SMILES string of the molecule is O=C(O)C1CC(=O)N(C2CCN(C(=O)NC(c3ccccc3)c3ccccc3)C2)C1. The molecule has 0 saturated carbocycles. The second-order valence-electron chi connectivity index (χ2n) is 7.88. The van der Waals surface area contributed by atoms with Crippen molar-refractivity contribution in [2.45, 2.75) is 24.9 Å². The number of urea groups is 1. The maximum Gasteiger partial charge on any atom is 0.318 e. The first-order chi connectivity index (χ1) is 14.5. The average molecular weight is 407 g/mol. The molecule has 2 fully saturated rings. The molecule has 2 aliphatic rings. The van der Waals surface area contributed by atoms with Crippen molar-refractivity contribution < 1.29 is 19.5 Å². The highest BCUT2D eigenvalue weighted by Crippen LogP contribution is 2.26. The number of aliphatic carboxylic acids is 1. The van der Waals surface area contributed by atoms with Crippen molar-refractivity contribution in [2.75, 3.05) is 19.6 Å². The Labute approximate surface area is 175 Å². The van der Waals surface area contributed by atoms with Crippen LogP contribution < -0.4 is 5.32 Å². The summed E-state index contributed by atoms with van der Waals surface area (Å²) in [6, 6.07) is 19.0. The van der Waals surface area contributed by atoms with Crippen molar-refractivity contribution in [1.82, 2.24) is 15.1 Å². The van der Waals surface area contributed by atoms with E-state index in [9.17, 15) is 19.5 Å². The van der Waals surface area contributed by atoms with Crippen LogP contribution in [-0.2, 0) is 9.59 Å². The predicted molar refractivity (Wildman–Crippen MR) is 111 cm³/mol. The van der Waals surface area contributed by atoms with Gasteiger partial charge in [0, 0.05) is 26.1 Å². The lowest BCUT2D eigenvalue weighted by atomic mass is 9.99. The molecule has 2 aliphatic heterocycles. The summed E-state index contributed by atoms with van der Waals surface area (Å²) in [5.41, 5.74) is 1.98. The number of amides is 3. The molecule has 2 unspecified atom stereocenters. The van der Waals surface area contributed by atoms with E-state index in [4.69, 9.17) is 0 Å². The van der Waals surface area contributed by atoms with Gasteiger partial charge < -0.3 is 20.2 Å². The molecule has 0 aliphatic carbocycles. The van der Waals surface area contributed by atoms with Crippen LogP contribution in [0.1, 0.15) is 30.0 Å². The third-order valence-corrected chi connectivity index (χ3v) is 5.93. The number of carboxylic acids is 1. The average Bonchev–Trinajstić information content (AvgIpc) is 3.40. The lowest BCUT2D eigenvalue weighted by Crippen LogP contribution is -2.44. The Morgan fingerprint density at radius 2 is 1.57 bits per heavy atom. The summed E-state index contributed by atoms with van der Waals surface area (Å²) in [6.07, 6.45) is 0.703. The van der Waals surface area contributed by atoms with E-state index >= 15 is 0 Å². The molecule has 2 saturated heterocycles. The van der Waals surface area contributed by atoms with Crippen LogP contribution in [0.15, 0.2) is 60.7 Å². The number of hydrogen-bond acceptors (Lipinski definition) is 3. The van der Waals surface area contributed by atoms with Gasteiger partial charge in [-0.1, -0.05) is 60.7 Å². The van der Waals surface area contributed by atoms with Crippen LogP contribution in [0.25, 0.3) is 0 Å². The second-order valence-corrected chi connectivity index (χ2v) is 7.88. The van der Waals surface area contributed by atoms with Gasteiger partial charge in [0.2, 0.25) is 5.91 Å². The van der Waals surface area contributed by atoms with Crippen LogP contribution in [0.4, 0.5) is 4.79 Å². The third-order valence-electron chi connectivity index (χ3n) is 5.93. The van der Waals surface area contributed by atoms with Gasteiger partial charge in [0.25, 0.3) is 0 Å². The molecule has 0 spiro atoms. The summed E-state index contributed by atoms with van der Waals surface area (Å²) in [6.45, 7) is 1.18. The maximum atomic E-state index is 13.0. The van der Waals surface area contributed by atoms with Crippen molar-refractivity contribution in [2.24, 2.45) is 5.92 Å². The first-order valence-corrected chi connectivity index (χ1v) is 10.2. The molecule has 0 aromatic heterocycles. The van der Waals surface area contributed by atoms with E-state index in [1.165, 1.54) is 0 Å². The normalized spacial score (nSPS) is 21.3. The maximum absolute atomic E-state index is 13.0. The van der Waals surface area contributed by atoms with Crippen molar-refractivity contribution in [3.05, 3.63) is 71.8 Å². The van der Waals surface area contributed by atoms with E-state index in [-0.39, 0.29) is 37.0 Å². The molecular weight excluding hydrogens is 382 g/mol. The van der Waals surface area contributed by atoms with Crippen LogP contribution in [0.3, 0.4) is 0 Å². The fraction of sp³-hybridized carbons (Fsp3) is 0.348. The van der Waals surface area contributed by atoms with Gasteiger partial charge in [-0.3, -0.25) is 9.59 Å². The monoisotopic (exact) mass is 407 g/mol. The zero-order valence-electron chi connectivity index (χ0n) is 16.6. The first-order valence-electron chi connectivity index (χ1n) is 10.2. The molecule has 2 aromatic carbocycles. The number of nitrogens with one attached hydrogen (secondary N) is 1. The minimum Gasteiger partial charge on any atom is -0.481 e. The van der Waals surface area contributed by atoms with E-state index < -0.39 is 11.9 Å². The molecule has 7 heteroatoms. The molecule has 2 atom stereocenters. The van der Waals surface area contributed by atoms with Crippen molar-refractivity contribution in [3.8, 4) is 0 Å². The summed E-state index contributed by atoms with van der Waals surface area (Å²) in [7, 11) is 0. The second kappa shape index (κ2) is 8.57. The predicted octanol–water partition coefficient (Wildman–Crippen LogP) is 2.49. The first kappa shape index (κ1) is 19.9. The lowest BCUT2D eigenvalue weighted by Gasteiger charge is -2.26. The summed E-state index contributed by atoms with van der Waals surface area (Å²) >= 11 is 0. The van der Waals surface area contributed by atoms with Gasteiger partial charge in [0.15, 0.2) is 0 Å². The zero-order chi connectivity index (χ0) is 21.1. The van der Waals surface area contributed by atoms with E-state index in [1.807, 2.05) is 60.7 Å². The number of benzene rings is 2. The van der Waals surface area contributed by atoms with Crippen molar-refractivity contribution in [1.29, 1.82) is 0 Å². The zero-order valence-corrected chi connectivity index (χ0v) is 16.6. The van der Waals surface area contributed by atoms with Gasteiger partial charge in [-0.25, -0.2) is 4.79 Å². The van der Waals surface area contributed by atoms with Crippen LogP contribution >= 0.6 is 0 Å². The molecule has 3 amide bonds. The van der Waals surface area contributed by atoms with E-state index in [2.05, 4.69) is 5.32 Å². The Morgan fingerprint density at radius 3 is 2.10 bits per heavy atom. The highest BCUT2D eigenvalue weighted by Gasteiger charge is 2.41. The van der Waals surface area contributed by atoms with Gasteiger partial charge in [0.1, 0.15) is 0 Å². The van der Waals surface area contributed by atoms with E-state index in [1.54, 1.807) is 9.80 Å². The smallest absolute Gasteiger partial charge is 0.318 e. The van der Waals surface area contributed by atoms with Crippen LogP contribution in [0.5, 0.6) is 0 Å². The largest absolute Gasteiger partial charge is 0.481 e. The van der Waals surface area contributed by atoms with Crippen molar-refractivity contribution in [3.63, 3.8) is 0 Å². The van der Waals surface area contributed by atoms with Crippen LogP contribution in [-0.4, -0.2) is 58.5 Å². The third kappa shape index (κ3) is 4.15. The Bertz CT molecular complexity index is 879. The fourth-order valence-electron chi connectivity index (χ4n) is 4.30. The Kier molecular flexibility index (Phi) is 5.70. The lowest BCUT2D eigenvalue weighted by molar-refractivity contribution is -0.141. The van der Waals surface area contributed by atoms with Gasteiger partial charge >= 0.3 is 12.0 Å². The van der Waals surface area contributed by atoms with Crippen molar-refractivity contribution >= 4 is 17.9 Å². The number of carboxylic acid groups (broad SMARTS) is 1. The molecule has 0 bridgehead atoms. The molecular formula is C23H25N3O4. The topological polar surface area (TPSA) is 90.0 Å². The molecule has 7 nitrogen and oxygen atoms in total. The molecule has 30 heavy (non-hydrogen) atoms. The molecule has 2 N–H and O–H groups in total. The van der Waals surface area contributed by atoms with E-state index in [0.717, 1.165) is 11.1 Å². The van der Waals surface area contributed by atoms with Crippen LogP contribution in [0.2, 0.25) is 0 Å². The highest BCUT2D eigenvalue weighted by atomic mass is 16.4. The summed E-state index contributed by atoms with van der Waals surface area (Å²) in [5, 5.41) is 12.3. The fourth-order valence-corrected chi connectivity index (χ4v) is 4.30.